The first-order valence-electron chi connectivity index (χ1n) is 4.07. The number of benzene rings is 1. The molecule has 0 saturated heterocycles. The molecule has 0 N–H and O–H groups in total. The van der Waals surface area contributed by atoms with Crippen LogP contribution in [0.25, 0.3) is 0 Å². The fourth-order valence-electron chi connectivity index (χ4n) is 0.924. The van der Waals surface area contributed by atoms with E-state index in [1.807, 2.05) is 0 Å². The summed E-state index contributed by atoms with van der Waals surface area (Å²) in [7, 11) is 0. The van der Waals surface area contributed by atoms with Crippen molar-refractivity contribution in [2.24, 2.45) is 0 Å². The summed E-state index contributed by atoms with van der Waals surface area (Å²) in [6, 6.07) is 4.26. The van der Waals surface area contributed by atoms with E-state index < -0.39 is 5.82 Å². The Bertz CT molecular complexity index is 390. The zero-order chi connectivity index (χ0) is 10.4. The zero-order valence-electron chi connectivity index (χ0n) is 7.39. The highest BCUT2D eigenvalue weighted by molar-refractivity contribution is 9.09. The molecule has 1 nitrogen and oxygen atoms in total. The molecule has 72 valence electrons. The molecule has 0 amide bonds. The number of carbonyl (C=O) groups is 1. The Morgan fingerprint density at radius 1 is 1.50 bits per heavy atom. The fourth-order valence-corrected chi connectivity index (χ4v) is 1.12. The standard InChI is InChI=1S/C11H8BrFO/c12-6-2-1-3-9-4-5-11(13)10(7-9)8-14/h4-5,7-8H,2,6H2. The van der Waals surface area contributed by atoms with Crippen LogP contribution in [-0.4, -0.2) is 11.6 Å². The molecule has 1 rings (SSSR count). The number of hydrogen-bond acceptors (Lipinski definition) is 1. The van der Waals surface area contributed by atoms with Gasteiger partial charge in [-0.2, -0.15) is 0 Å². The van der Waals surface area contributed by atoms with E-state index >= 15 is 0 Å². The summed E-state index contributed by atoms with van der Waals surface area (Å²) in [6.45, 7) is 0. The van der Waals surface area contributed by atoms with Crippen molar-refractivity contribution in [2.45, 2.75) is 6.42 Å². The van der Waals surface area contributed by atoms with Gasteiger partial charge in [-0.3, -0.25) is 4.79 Å². The second-order valence-corrected chi connectivity index (χ2v) is 3.39. The van der Waals surface area contributed by atoms with Crippen LogP contribution in [0.4, 0.5) is 4.39 Å². The van der Waals surface area contributed by atoms with Crippen molar-refractivity contribution in [2.75, 3.05) is 5.33 Å². The monoisotopic (exact) mass is 254 g/mol. The van der Waals surface area contributed by atoms with Gasteiger partial charge in [0.25, 0.3) is 0 Å². The lowest BCUT2D eigenvalue weighted by Crippen LogP contribution is -1.88. The third-order valence-corrected chi connectivity index (χ3v) is 1.97. The summed E-state index contributed by atoms with van der Waals surface area (Å²) in [6.07, 6.45) is 1.22. The Hall–Kier alpha value is -1.14. The topological polar surface area (TPSA) is 17.1 Å². The number of alkyl halides is 1. The summed E-state index contributed by atoms with van der Waals surface area (Å²) in [4.78, 5) is 10.4. The molecule has 0 radical (unpaired) electrons. The van der Waals surface area contributed by atoms with E-state index in [2.05, 4.69) is 27.8 Å². The van der Waals surface area contributed by atoms with Gasteiger partial charge < -0.3 is 0 Å². The maximum absolute atomic E-state index is 12.9. The third kappa shape index (κ3) is 2.97. The summed E-state index contributed by atoms with van der Waals surface area (Å²) >= 11 is 3.24. The van der Waals surface area contributed by atoms with Gasteiger partial charge in [0.15, 0.2) is 6.29 Å². The van der Waals surface area contributed by atoms with Crippen LogP contribution in [-0.2, 0) is 0 Å². The normalized spacial score (nSPS) is 9.00. The molecule has 0 heterocycles. The minimum atomic E-state index is -0.508. The number of rotatable bonds is 2. The first kappa shape index (κ1) is 10.9. The maximum Gasteiger partial charge on any atom is 0.153 e. The van der Waals surface area contributed by atoms with Crippen molar-refractivity contribution in [3.05, 3.63) is 35.1 Å². The average Bonchev–Trinajstić information content (AvgIpc) is 2.21. The van der Waals surface area contributed by atoms with Gasteiger partial charge in [-0.1, -0.05) is 27.8 Å². The molecule has 0 aliphatic carbocycles. The molecule has 1 aromatic rings. The van der Waals surface area contributed by atoms with E-state index in [0.717, 1.165) is 11.8 Å². The van der Waals surface area contributed by atoms with Crippen molar-refractivity contribution < 1.29 is 9.18 Å². The average molecular weight is 255 g/mol. The Kier molecular flexibility index (Phi) is 4.34. The van der Waals surface area contributed by atoms with Crippen LogP contribution < -0.4 is 0 Å². The van der Waals surface area contributed by atoms with Crippen molar-refractivity contribution >= 4 is 22.2 Å². The zero-order valence-corrected chi connectivity index (χ0v) is 8.97. The summed E-state index contributed by atoms with van der Waals surface area (Å²) in [5.41, 5.74) is 0.713. The predicted octanol–water partition coefficient (Wildman–Crippen LogP) is 2.77. The lowest BCUT2D eigenvalue weighted by atomic mass is 10.1. The highest BCUT2D eigenvalue weighted by Gasteiger charge is 1.99. The van der Waals surface area contributed by atoms with Crippen molar-refractivity contribution in [3.63, 3.8) is 0 Å². The quantitative estimate of drug-likeness (QED) is 0.451. The van der Waals surface area contributed by atoms with Gasteiger partial charge >= 0.3 is 0 Å². The van der Waals surface area contributed by atoms with Crippen LogP contribution in [0.3, 0.4) is 0 Å². The fraction of sp³-hybridized carbons (Fsp3) is 0.182. The third-order valence-electron chi connectivity index (χ3n) is 1.58. The molecule has 0 unspecified atom stereocenters. The van der Waals surface area contributed by atoms with E-state index in [1.165, 1.54) is 12.1 Å². The Balaban J connectivity index is 2.91. The Morgan fingerprint density at radius 3 is 2.93 bits per heavy atom. The van der Waals surface area contributed by atoms with E-state index in [9.17, 15) is 9.18 Å². The number of aldehydes is 1. The SMILES string of the molecule is O=Cc1cc(C#CCCBr)ccc1F. The molecule has 0 aliphatic rings. The lowest BCUT2D eigenvalue weighted by Gasteiger charge is -1.94. The van der Waals surface area contributed by atoms with Crippen LogP contribution in [0.5, 0.6) is 0 Å². The molecule has 0 bridgehead atoms. The molecule has 0 saturated carbocycles. The van der Waals surface area contributed by atoms with Gasteiger partial charge in [0.1, 0.15) is 5.82 Å². The Morgan fingerprint density at radius 2 is 2.29 bits per heavy atom. The summed E-state index contributed by atoms with van der Waals surface area (Å²) < 4.78 is 12.9. The molecular weight excluding hydrogens is 247 g/mol. The highest BCUT2D eigenvalue weighted by Crippen LogP contribution is 2.07. The van der Waals surface area contributed by atoms with Gasteiger partial charge in [0, 0.05) is 17.3 Å². The molecule has 14 heavy (non-hydrogen) atoms. The largest absolute Gasteiger partial charge is 0.298 e. The maximum atomic E-state index is 12.9. The second-order valence-electron chi connectivity index (χ2n) is 2.59. The number of carbonyl (C=O) groups excluding carboxylic acids is 1. The van der Waals surface area contributed by atoms with Crippen LogP contribution in [0.2, 0.25) is 0 Å². The molecular formula is C11H8BrFO. The molecule has 1 aromatic carbocycles. The number of hydrogen-bond donors (Lipinski definition) is 0. The molecule has 0 aliphatic heterocycles. The van der Waals surface area contributed by atoms with E-state index in [4.69, 9.17) is 0 Å². The Labute approximate surface area is 90.4 Å². The molecule has 0 spiro atoms. The van der Waals surface area contributed by atoms with Crippen molar-refractivity contribution in [1.82, 2.24) is 0 Å². The summed E-state index contributed by atoms with van der Waals surface area (Å²) in [5.74, 6) is 5.22. The molecule has 0 aromatic heterocycles. The van der Waals surface area contributed by atoms with E-state index in [1.54, 1.807) is 6.07 Å². The summed E-state index contributed by atoms with van der Waals surface area (Å²) in [5, 5.41) is 0.807. The highest BCUT2D eigenvalue weighted by atomic mass is 79.9. The molecule has 0 atom stereocenters. The minimum Gasteiger partial charge on any atom is -0.298 e. The van der Waals surface area contributed by atoms with E-state index in [-0.39, 0.29) is 5.56 Å². The smallest absolute Gasteiger partial charge is 0.153 e. The van der Waals surface area contributed by atoms with E-state index in [0.29, 0.717) is 11.8 Å². The van der Waals surface area contributed by atoms with Gasteiger partial charge in [0.05, 0.1) is 5.56 Å². The van der Waals surface area contributed by atoms with Crippen molar-refractivity contribution in [3.8, 4) is 11.8 Å². The van der Waals surface area contributed by atoms with Gasteiger partial charge in [-0.05, 0) is 18.2 Å². The van der Waals surface area contributed by atoms with Gasteiger partial charge in [0.2, 0.25) is 0 Å². The molecule has 0 fully saturated rings. The van der Waals surface area contributed by atoms with Gasteiger partial charge in [-0.15, -0.1) is 0 Å². The molecule has 3 heteroatoms. The first-order chi connectivity index (χ1) is 6.77. The minimum absolute atomic E-state index is 0.0515. The predicted molar refractivity (Wildman–Crippen MR) is 57.1 cm³/mol. The van der Waals surface area contributed by atoms with Crippen LogP contribution in [0.1, 0.15) is 22.3 Å². The second kappa shape index (κ2) is 5.56. The van der Waals surface area contributed by atoms with Crippen molar-refractivity contribution in [1.29, 1.82) is 0 Å². The van der Waals surface area contributed by atoms with Crippen LogP contribution in [0.15, 0.2) is 18.2 Å². The van der Waals surface area contributed by atoms with Crippen LogP contribution in [0, 0.1) is 17.7 Å². The van der Waals surface area contributed by atoms with Gasteiger partial charge in [-0.25, -0.2) is 4.39 Å². The lowest BCUT2D eigenvalue weighted by molar-refractivity contribution is 0.112. The first-order valence-corrected chi connectivity index (χ1v) is 5.19. The van der Waals surface area contributed by atoms with Crippen LogP contribution >= 0.6 is 15.9 Å². The number of halogens is 2.